The molecule has 0 aromatic heterocycles. The van der Waals surface area contributed by atoms with Gasteiger partial charge < -0.3 is 9.64 Å². The van der Waals surface area contributed by atoms with E-state index in [1.165, 1.54) is 5.69 Å². The Morgan fingerprint density at radius 2 is 1.52 bits per heavy atom. The first kappa shape index (κ1) is 15.2. The highest BCUT2D eigenvalue weighted by molar-refractivity contribution is 5.52. The van der Waals surface area contributed by atoms with E-state index in [1.54, 1.807) is 7.11 Å². The summed E-state index contributed by atoms with van der Waals surface area (Å²) in [7, 11) is 1.72. The maximum absolute atomic E-state index is 5.13. The van der Waals surface area contributed by atoms with Crippen molar-refractivity contribution in [1.29, 1.82) is 0 Å². The molecule has 0 radical (unpaired) electrons. The number of hydrogen-bond donors (Lipinski definition) is 0. The molecule has 0 heterocycles. The van der Waals surface area contributed by atoms with Crippen LogP contribution in [0.1, 0.15) is 6.92 Å². The van der Waals surface area contributed by atoms with Gasteiger partial charge in [0.15, 0.2) is 0 Å². The summed E-state index contributed by atoms with van der Waals surface area (Å²) in [6.45, 7) is 4.70. The summed E-state index contributed by atoms with van der Waals surface area (Å²) in [4.78, 5) is 2.27. The van der Waals surface area contributed by atoms with Crippen molar-refractivity contribution < 1.29 is 4.74 Å². The minimum absolute atomic E-state index is 0.726. The topological polar surface area (TPSA) is 37.2 Å². The van der Waals surface area contributed by atoms with Gasteiger partial charge in [-0.25, -0.2) is 0 Å². The Labute approximate surface area is 126 Å². The zero-order valence-corrected chi connectivity index (χ0v) is 12.6. The second kappa shape index (κ2) is 8.17. The quantitative estimate of drug-likeness (QED) is 0.698. The zero-order chi connectivity index (χ0) is 14.9. The van der Waals surface area contributed by atoms with Crippen molar-refractivity contribution >= 4 is 17.1 Å². The molecular formula is C17H21N3O. The Hall–Kier alpha value is -2.20. The fourth-order valence-corrected chi connectivity index (χ4v) is 2.01. The van der Waals surface area contributed by atoms with Crippen molar-refractivity contribution in [2.75, 3.05) is 31.7 Å². The van der Waals surface area contributed by atoms with Crippen LogP contribution in [0.2, 0.25) is 0 Å². The Balaban J connectivity index is 2.03. The number of likely N-dealkylation sites (N-methyl/N-ethyl adjacent to an activating group) is 1. The fraction of sp³-hybridized carbons (Fsp3) is 0.294. The molecule has 0 aliphatic carbocycles. The molecule has 0 amide bonds. The summed E-state index contributed by atoms with van der Waals surface area (Å²) >= 11 is 0. The predicted molar refractivity (Wildman–Crippen MR) is 86.8 cm³/mol. The highest BCUT2D eigenvalue weighted by atomic mass is 16.5. The molecule has 0 atom stereocenters. The van der Waals surface area contributed by atoms with Gasteiger partial charge in [0.1, 0.15) is 0 Å². The van der Waals surface area contributed by atoms with E-state index in [9.17, 15) is 0 Å². The van der Waals surface area contributed by atoms with Crippen LogP contribution in [0, 0.1) is 0 Å². The molecular weight excluding hydrogens is 262 g/mol. The highest BCUT2D eigenvalue weighted by Crippen LogP contribution is 2.22. The van der Waals surface area contributed by atoms with Gasteiger partial charge >= 0.3 is 0 Å². The van der Waals surface area contributed by atoms with Gasteiger partial charge in [-0.15, -0.1) is 0 Å². The molecule has 0 saturated carbocycles. The summed E-state index contributed by atoms with van der Waals surface area (Å²) in [6.07, 6.45) is 0. The van der Waals surface area contributed by atoms with Gasteiger partial charge in [-0.3, -0.25) is 0 Å². The SMILES string of the molecule is CCN(CCOC)c1ccc(/N=N/c2ccccc2)cc1. The Kier molecular flexibility index (Phi) is 5.91. The second-order valence-corrected chi connectivity index (χ2v) is 4.62. The number of anilines is 1. The van der Waals surface area contributed by atoms with Crippen LogP contribution in [0.4, 0.5) is 17.1 Å². The van der Waals surface area contributed by atoms with E-state index in [2.05, 4.69) is 34.2 Å². The number of azo groups is 1. The molecule has 4 nitrogen and oxygen atoms in total. The molecule has 0 fully saturated rings. The van der Waals surface area contributed by atoms with E-state index in [0.717, 1.165) is 31.1 Å². The monoisotopic (exact) mass is 283 g/mol. The third-order valence-corrected chi connectivity index (χ3v) is 3.20. The van der Waals surface area contributed by atoms with Crippen molar-refractivity contribution in [1.82, 2.24) is 0 Å². The van der Waals surface area contributed by atoms with Crippen LogP contribution in [0.25, 0.3) is 0 Å². The summed E-state index contributed by atoms with van der Waals surface area (Å²) < 4.78 is 5.13. The summed E-state index contributed by atoms with van der Waals surface area (Å²) in [5.41, 5.74) is 2.88. The number of benzene rings is 2. The molecule has 0 aliphatic rings. The molecule has 2 aromatic rings. The lowest BCUT2D eigenvalue weighted by Gasteiger charge is -2.22. The maximum atomic E-state index is 5.13. The van der Waals surface area contributed by atoms with Gasteiger partial charge in [0.2, 0.25) is 0 Å². The van der Waals surface area contributed by atoms with E-state index < -0.39 is 0 Å². The first-order valence-corrected chi connectivity index (χ1v) is 7.14. The van der Waals surface area contributed by atoms with Crippen LogP contribution in [0.3, 0.4) is 0 Å². The fourth-order valence-electron chi connectivity index (χ4n) is 2.01. The van der Waals surface area contributed by atoms with Crippen molar-refractivity contribution in [3.05, 3.63) is 54.6 Å². The third-order valence-electron chi connectivity index (χ3n) is 3.20. The van der Waals surface area contributed by atoms with E-state index in [4.69, 9.17) is 4.74 Å². The standard InChI is InChI=1S/C17H21N3O/c1-3-20(13-14-21-2)17-11-9-16(10-12-17)19-18-15-7-5-4-6-8-15/h4-12H,3,13-14H2,1-2H3/b19-18+. The van der Waals surface area contributed by atoms with Gasteiger partial charge in [-0.1, -0.05) is 18.2 Å². The molecule has 110 valence electrons. The third kappa shape index (κ3) is 4.68. The first-order chi connectivity index (χ1) is 10.3. The second-order valence-electron chi connectivity index (χ2n) is 4.62. The molecule has 0 saturated heterocycles. The zero-order valence-electron chi connectivity index (χ0n) is 12.6. The number of ether oxygens (including phenoxy) is 1. The highest BCUT2D eigenvalue weighted by Gasteiger charge is 2.03. The molecule has 4 heteroatoms. The average Bonchev–Trinajstić information content (AvgIpc) is 2.56. The summed E-state index contributed by atoms with van der Waals surface area (Å²) in [6, 6.07) is 17.8. The molecule has 0 aliphatic heterocycles. The van der Waals surface area contributed by atoms with E-state index in [1.807, 2.05) is 42.5 Å². The number of methoxy groups -OCH3 is 1. The maximum Gasteiger partial charge on any atom is 0.0858 e. The Morgan fingerprint density at radius 1 is 0.905 bits per heavy atom. The summed E-state index contributed by atoms with van der Waals surface area (Å²) in [5, 5.41) is 8.46. The molecule has 21 heavy (non-hydrogen) atoms. The van der Waals surface area contributed by atoms with Gasteiger partial charge in [-0.05, 0) is 43.3 Å². The lowest BCUT2D eigenvalue weighted by atomic mass is 10.2. The molecule has 0 unspecified atom stereocenters. The largest absolute Gasteiger partial charge is 0.383 e. The lowest BCUT2D eigenvalue weighted by Crippen LogP contribution is -2.26. The minimum atomic E-state index is 0.726. The predicted octanol–water partition coefficient (Wildman–Crippen LogP) is 4.57. The van der Waals surface area contributed by atoms with Crippen molar-refractivity contribution in [2.24, 2.45) is 10.2 Å². The van der Waals surface area contributed by atoms with Crippen LogP contribution in [0.15, 0.2) is 64.8 Å². The molecule has 0 bridgehead atoms. The smallest absolute Gasteiger partial charge is 0.0858 e. The van der Waals surface area contributed by atoms with Crippen LogP contribution in [0.5, 0.6) is 0 Å². The summed E-state index contributed by atoms with van der Waals surface area (Å²) in [5.74, 6) is 0. The van der Waals surface area contributed by atoms with E-state index in [0.29, 0.717) is 0 Å². The average molecular weight is 283 g/mol. The normalized spacial score (nSPS) is 11.0. The lowest BCUT2D eigenvalue weighted by molar-refractivity contribution is 0.205. The number of nitrogens with zero attached hydrogens (tertiary/aromatic N) is 3. The van der Waals surface area contributed by atoms with Crippen molar-refractivity contribution in [3.8, 4) is 0 Å². The van der Waals surface area contributed by atoms with Crippen LogP contribution >= 0.6 is 0 Å². The van der Waals surface area contributed by atoms with Gasteiger partial charge in [0, 0.05) is 25.9 Å². The Bertz CT molecular complexity index is 552. The minimum Gasteiger partial charge on any atom is -0.383 e. The number of hydrogen-bond acceptors (Lipinski definition) is 4. The molecule has 0 spiro atoms. The molecule has 2 aromatic carbocycles. The van der Waals surface area contributed by atoms with E-state index in [-0.39, 0.29) is 0 Å². The van der Waals surface area contributed by atoms with Crippen LogP contribution in [-0.2, 0) is 4.74 Å². The molecule has 2 rings (SSSR count). The van der Waals surface area contributed by atoms with Gasteiger partial charge in [-0.2, -0.15) is 10.2 Å². The Morgan fingerprint density at radius 3 is 2.10 bits per heavy atom. The van der Waals surface area contributed by atoms with Crippen LogP contribution < -0.4 is 4.90 Å². The first-order valence-electron chi connectivity index (χ1n) is 7.14. The van der Waals surface area contributed by atoms with Crippen molar-refractivity contribution in [2.45, 2.75) is 6.92 Å². The van der Waals surface area contributed by atoms with Crippen LogP contribution in [-0.4, -0.2) is 26.8 Å². The number of rotatable bonds is 7. The van der Waals surface area contributed by atoms with Gasteiger partial charge in [0.05, 0.1) is 18.0 Å². The van der Waals surface area contributed by atoms with Crippen molar-refractivity contribution in [3.63, 3.8) is 0 Å². The molecule has 0 N–H and O–H groups in total. The van der Waals surface area contributed by atoms with Gasteiger partial charge in [0.25, 0.3) is 0 Å². The van der Waals surface area contributed by atoms with E-state index >= 15 is 0 Å².